The molecular weight excluding hydrogens is 247 g/mol. The number of methoxy groups -OCH3 is 2. The second-order valence-electron chi connectivity index (χ2n) is 4.44. The van der Waals surface area contributed by atoms with Gasteiger partial charge < -0.3 is 9.47 Å². The molecule has 0 fully saturated rings. The maximum Gasteiger partial charge on any atom is 0.165 e. The first-order valence-electron chi connectivity index (χ1n) is 6.04. The number of halogens is 1. The molecule has 102 valence electrons. The topological polar surface area (TPSA) is 36.3 Å². The Morgan fingerprint density at radius 3 is 2.42 bits per heavy atom. The molecule has 1 heterocycles. The summed E-state index contributed by atoms with van der Waals surface area (Å²) in [6, 6.07) is 4.85. The molecule has 0 aliphatic carbocycles. The summed E-state index contributed by atoms with van der Waals surface area (Å²) in [5.74, 6) is 0.580. The third kappa shape index (κ3) is 2.41. The van der Waals surface area contributed by atoms with E-state index >= 15 is 0 Å². The summed E-state index contributed by atoms with van der Waals surface area (Å²) in [7, 11) is 3.04. The molecule has 4 nitrogen and oxygen atoms in total. The summed E-state index contributed by atoms with van der Waals surface area (Å²) in [5.41, 5.74) is 0.771. The maximum atomic E-state index is 14.1. The largest absolute Gasteiger partial charge is 0.496 e. The number of hydrogen-bond acceptors (Lipinski definition) is 3. The Bertz CT molecular complexity index is 579. The van der Waals surface area contributed by atoms with E-state index in [1.54, 1.807) is 30.1 Å². The second-order valence-corrected chi connectivity index (χ2v) is 4.44. The Balaban J connectivity index is 2.64. The molecule has 0 aliphatic heterocycles. The van der Waals surface area contributed by atoms with E-state index in [0.29, 0.717) is 22.8 Å². The smallest absolute Gasteiger partial charge is 0.165 e. The van der Waals surface area contributed by atoms with Gasteiger partial charge in [0.2, 0.25) is 0 Å². The Hall–Kier alpha value is -2.04. The van der Waals surface area contributed by atoms with Crippen molar-refractivity contribution in [2.75, 3.05) is 14.2 Å². The lowest BCUT2D eigenvalue weighted by molar-refractivity contribution is 0.407. The number of benzene rings is 1. The Morgan fingerprint density at radius 1 is 1.16 bits per heavy atom. The Kier molecular flexibility index (Phi) is 3.74. The van der Waals surface area contributed by atoms with Crippen LogP contribution in [0.2, 0.25) is 0 Å². The number of aromatic nitrogens is 2. The van der Waals surface area contributed by atoms with Crippen LogP contribution in [0.1, 0.15) is 19.9 Å². The van der Waals surface area contributed by atoms with Crippen molar-refractivity contribution >= 4 is 0 Å². The SMILES string of the molecule is COc1cn(C(C)C)nc1-c1c(F)cccc1OC. The summed E-state index contributed by atoms with van der Waals surface area (Å²) >= 11 is 0. The highest BCUT2D eigenvalue weighted by Gasteiger charge is 2.20. The van der Waals surface area contributed by atoms with Crippen molar-refractivity contribution in [2.24, 2.45) is 0 Å². The molecule has 0 unspecified atom stereocenters. The van der Waals surface area contributed by atoms with Gasteiger partial charge in [0.05, 0.1) is 26.0 Å². The van der Waals surface area contributed by atoms with Gasteiger partial charge in [-0.25, -0.2) is 4.39 Å². The van der Waals surface area contributed by atoms with Gasteiger partial charge in [-0.2, -0.15) is 5.10 Å². The Morgan fingerprint density at radius 2 is 1.84 bits per heavy atom. The highest BCUT2D eigenvalue weighted by atomic mass is 19.1. The van der Waals surface area contributed by atoms with E-state index < -0.39 is 0 Å². The lowest BCUT2D eigenvalue weighted by Gasteiger charge is -2.08. The van der Waals surface area contributed by atoms with Crippen LogP contribution in [0.5, 0.6) is 11.5 Å². The molecule has 0 spiro atoms. The van der Waals surface area contributed by atoms with Crippen molar-refractivity contribution < 1.29 is 13.9 Å². The normalized spacial score (nSPS) is 10.8. The summed E-state index contributed by atoms with van der Waals surface area (Å²) in [5, 5.41) is 4.39. The predicted molar refractivity (Wildman–Crippen MR) is 71.1 cm³/mol. The van der Waals surface area contributed by atoms with Crippen LogP contribution in [-0.2, 0) is 0 Å². The molecule has 5 heteroatoms. The van der Waals surface area contributed by atoms with Crippen molar-refractivity contribution in [1.29, 1.82) is 0 Å². The molecule has 0 saturated heterocycles. The summed E-state index contributed by atoms with van der Waals surface area (Å²) < 4.78 is 26.3. The van der Waals surface area contributed by atoms with Crippen LogP contribution in [0.25, 0.3) is 11.3 Å². The van der Waals surface area contributed by atoms with E-state index in [1.165, 1.54) is 13.2 Å². The van der Waals surface area contributed by atoms with E-state index in [9.17, 15) is 4.39 Å². The highest BCUT2D eigenvalue weighted by Crippen LogP contribution is 2.37. The van der Waals surface area contributed by atoms with E-state index in [2.05, 4.69) is 5.10 Å². The van der Waals surface area contributed by atoms with Crippen LogP contribution in [0.15, 0.2) is 24.4 Å². The zero-order chi connectivity index (χ0) is 14.0. The fourth-order valence-corrected chi connectivity index (χ4v) is 1.87. The molecule has 0 aliphatic rings. The van der Waals surface area contributed by atoms with E-state index in [-0.39, 0.29) is 11.9 Å². The molecule has 0 N–H and O–H groups in total. The van der Waals surface area contributed by atoms with Crippen LogP contribution in [0.4, 0.5) is 4.39 Å². The molecule has 0 amide bonds. The summed E-state index contributed by atoms with van der Waals surface area (Å²) in [6.07, 6.45) is 1.76. The third-order valence-corrected chi connectivity index (χ3v) is 2.88. The van der Waals surface area contributed by atoms with Gasteiger partial charge in [-0.15, -0.1) is 0 Å². The standard InChI is InChI=1S/C14H17FN2O2/c1-9(2)17-8-12(19-4)14(16-17)13-10(15)6-5-7-11(13)18-3/h5-9H,1-4H3. The van der Waals surface area contributed by atoms with E-state index in [0.717, 1.165) is 0 Å². The monoisotopic (exact) mass is 264 g/mol. The first kappa shape index (κ1) is 13.4. The van der Waals surface area contributed by atoms with Crippen LogP contribution in [0, 0.1) is 5.82 Å². The van der Waals surface area contributed by atoms with Gasteiger partial charge >= 0.3 is 0 Å². The molecule has 0 bridgehead atoms. The quantitative estimate of drug-likeness (QED) is 0.850. The van der Waals surface area contributed by atoms with Crippen LogP contribution in [-0.4, -0.2) is 24.0 Å². The summed E-state index contributed by atoms with van der Waals surface area (Å²) in [6.45, 7) is 3.99. The first-order valence-corrected chi connectivity index (χ1v) is 6.04. The van der Waals surface area contributed by atoms with Crippen molar-refractivity contribution in [2.45, 2.75) is 19.9 Å². The van der Waals surface area contributed by atoms with Crippen LogP contribution in [0.3, 0.4) is 0 Å². The van der Waals surface area contributed by atoms with Gasteiger partial charge in [0, 0.05) is 6.04 Å². The maximum absolute atomic E-state index is 14.1. The average Bonchev–Trinajstić information content (AvgIpc) is 2.82. The minimum Gasteiger partial charge on any atom is -0.496 e. The lowest BCUT2D eigenvalue weighted by Crippen LogP contribution is -2.01. The molecule has 0 saturated carbocycles. The third-order valence-electron chi connectivity index (χ3n) is 2.88. The molecule has 19 heavy (non-hydrogen) atoms. The van der Waals surface area contributed by atoms with Gasteiger partial charge in [-0.3, -0.25) is 4.68 Å². The number of rotatable bonds is 4. The molecule has 2 rings (SSSR count). The Labute approximate surface area is 111 Å². The number of ether oxygens (including phenoxy) is 2. The minimum atomic E-state index is -0.383. The molecule has 0 radical (unpaired) electrons. The zero-order valence-corrected chi connectivity index (χ0v) is 11.5. The fraction of sp³-hybridized carbons (Fsp3) is 0.357. The van der Waals surface area contributed by atoms with Gasteiger partial charge in [0.15, 0.2) is 5.75 Å². The van der Waals surface area contributed by atoms with E-state index in [1.807, 2.05) is 13.8 Å². The average molecular weight is 264 g/mol. The molecular formula is C14H17FN2O2. The number of nitrogens with zero attached hydrogens (tertiary/aromatic N) is 2. The zero-order valence-electron chi connectivity index (χ0n) is 11.5. The van der Waals surface area contributed by atoms with Gasteiger partial charge in [0.25, 0.3) is 0 Å². The fourth-order valence-electron chi connectivity index (χ4n) is 1.87. The van der Waals surface area contributed by atoms with Gasteiger partial charge in [-0.05, 0) is 26.0 Å². The molecule has 0 atom stereocenters. The van der Waals surface area contributed by atoms with Crippen LogP contribution >= 0.6 is 0 Å². The predicted octanol–water partition coefficient (Wildman–Crippen LogP) is 3.29. The second kappa shape index (κ2) is 5.30. The summed E-state index contributed by atoms with van der Waals surface area (Å²) in [4.78, 5) is 0. The van der Waals surface area contributed by atoms with E-state index in [4.69, 9.17) is 9.47 Å². The molecule has 1 aromatic carbocycles. The lowest BCUT2D eigenvalue weighted by atomic mass is 10.1. The van der Waals surface area contributed by atoms with Crippen molar-refractivity contribution in [1.82, 2.24) is 9.78 Å². The van der Waals surface area contributed by atoms with Crippen molar-refractivity contribution in [3.05, 3.63) is 30.2 Å². The number of hydrogen-bond donors (Lipinski definition) is 0. The van der Waals surface area contributed by atoms with Crippen LogP contribution < -0.4 is 9.47 Å². The van der Waals surface area contributed by atoms with Gasteiger partial charge in [-0.1, -0.05) is 6.07 Å². The van der Waals surface area contributed by atoms with Crippen molar-refractivity contribution in [3.8, 4) is 22.8 Å². The van der Waals surface area contributed by atoms with Crippen molar-refractivity contribution in [3.63, 3.8) is 0 Å². The highest BCUT2D eigenvalue weighted by molar-refractivity contribution is 5.72. The van der Waals surface area contributed by atoms with Gasteiger partial charge in [0.1, 0.15) is 17.3 Å². The first-order chi connectivity index (χ1) is 9.08. The molecule has 2 aromatic rings. The molecule has 1 aromatic heterocycles. The minimum absolute atomic E-state index is 0.167.